The second-order valence-electron chi connectivity index (χ2n) is 6.32. The Kier molecular flexibility index (Phi) is 5.85. The number of thiazole rings is 1. The molecule has 0 aliphatic rings. The Morgan fingerprint density at radius 1 is 1.03 bits per heavy atom. The SMILES string of the molecule is O=C(Nc1nc2c(Cl)c(Cl)ccc2s1)c1cccc(NS(=O)(=O)c2ccc(F)cc2)c1. The van der Waals surface area contributed by atoms with Gasteiger partial charge in [0.25, 0.3) is 15.9 Å². The fourth-order valence-corrected chi connectivity index (χ4v) is 5.05. The van der Waals surface area contributed by atoms with Crippen molar-refractivity contribution in [1.29, 1.82) is 0 Å². The summed E-state index contributed by atoms with van der Waals surface area (Å²) in [5.41, 5.74) is 0.870. The number of sulfonamides is 1. The molecule has 4 rings (SSSR count). The molecule has 6 nitrogen and oxygen atoms in total. The number of amides is 1. The van der Waals surface area contributed by atoms with Crippen LogP contribution in [0.2, 0.25) is 10.0 Å². The van der Waals surface area contributed by atoms with Crippen molar-refractivity contribution in [3.8, 4) is 0 Å². The number of carbonyl (C=O) groups is 1. The van der Waals surface area contributed by atoms with Crippen molar-refractivity contribution >= 4 is 71.5 Å². The highest BCUT2D eigenvalue weighted by Crippen LogP contribution is 2.35. The summed E-state index contributed by atoms with van der Waals surface area (Å²) in [6.45, 7) is 0. The third-order valence-electron chi connectivity index (χ3n) is 4.17. The molecular weight excluding hydrogens is 484 g/mol. The zero-order valence-electron chi connectivity index (χ0n) is 15.4. The van der Waals surface area contributed by atoms with Gasteiger partial charge in [-0.3, -0.25) is 14.8 Å². The van der Waals surface area contributed by atoms with Gasteiger partial charge in [0.05, 0.1) is 19.6 Å². The van der Waals surface area contributed by atoms with Gasteiger partial charge < -0.3 is 0 Å². The van der Waals surface area contributed by atoms with Crippen molar-refractivity contribution in [1.82, 2.24) is 4.98 Å². The van der Waals surface area contributed by atoms with Crippen molar-refractivity contribution in [2.75, 3.05) is 10.0 Å². The summed E-state index contributed by atoms with van der Waals surface area (Å²) >= 11 is 13.4. The highest BCUT2D eigenvalue weighted by atomic mass is 35.5. The fraction of sp³-hybridized carbons (Fsp3) is 0. The van der Waals surface area contributed by atoms with E-state index < -0.39 is 21.7 Å². The molecular formula is C20H12Cl2FN3O3S2. The predicted molar refractivity (Wildman–Crippen MR) is 121 cm³/mol. The topological polar surface area (TPSA) is 88.2 Å². The Morgan fingerprint density at radius 2 is 1.77 bits per heavy atom. The van der Waals surface area contributed by atoms with Gasteiger partial charge in [-0.1, -0.05) is 40.6 Å². The lowest BCUT2D eigenvalue weighted by atomic mass is 10.2. The van der Waals surface area contributed by atoms with Crippen LogP contribution in [0.4, 0.5) is 15.2 Å². The van der Waals surface area contributed by atoms with Gasteiger partial charge in [0.1, 0.15) is 11.3 Å². The van der Waals surface area contributed by atoms with Gasteiger partial charge in [-0.05, 0) is 54.6 Å². The van der Waals surface area contributed by atoms with Crippen LogP contribution in [-0.2, 0) is 10.0 Å². The van der Waals surface area contributed by atoms with Crippen molar-refractivity contribution < 1.29 is 17.6 Å². The average molecular weight is 496 g/mol. The molecule has 0 saturated heterocycles. The van der Waals surface area contributed by atoms with Crippen molar-refractivity contribution in [3.63, 3.8) is 0 Å². The van der Waals surface area contributed by atoms with Crippen LogP contribution in [0, 0.1) is 5.82 Å². The van der Waals surface area contributed by atoms with Crippen LogP contribution in [0.15, 0.2) is 65.6 Å². The minimum absolute atomic E-state index is 0.103. The molecule has 0 atom stereocenters. The maximum atomic E-state index is 13.1. The molecule has 1 heterocycles. The standard InChI is InChI=1S/C20H12Cl2FN3O3S2/c21-15-8-9-16-18(17(15)22)24-20(30-16)25-19(27)11-2-1-3-13(10-11)26-31(28,29)14-6-4-12(23)5-7-14/h1-10,26H,(H,24,25,27). The smallest absolute Gasteiger partial charge is 0.261 e. The van der Waals surface area contributed by atoms with Crippen molar-refractivity contribution in [2.45, 2.75) is 4.90 Å². The van der Waals surface area contributed by atoms with Crippen LogP contribution < -0.4 is 10.0 Å². The molecule has 0 bridgehead atoms. The number of nitrogens with one attached hydrogen (secondary N) is 2. The first kappa shape index (κ1) is 21.5. The quantitative estimate of drug-likeness (QED) is 0.366. The van der Waals surface area contributed by atoms with E-state index >= 15 is 0 Å². The van der Waals surface area contributed by atoms with Gasteiger partial charge in [-0.2, -0.15) is 0 Å². The number of benzene rings is 3. The predicted octanol–water partition coefficient (Wildman–Crippen LogP) is 5.80. The Bertz CT molecular complexity index is 1410. The van der Waals surface area contributed by atoms with Crippen LogP contribution in [0.3, 0.4) is 0 Å². The minimum atomic E-state index is -3.94. The molecule has 1 aromatic heterocycles. The molecule has 0 aliphatic heterocycles. The second kappa shape index (κ2) is 8.43. The molecule has 0 spiro atoms. The molecule has 0 saturated carbocycles. The fourth-order valence-electron chi connectivity index (χ4n) is 2.71. The second-order valence-corrected chi connectivity index (χ2v) is 9.82. The molecule has 3 aromatic carbocycles. The number of halogens is 3. The summed E-state index contributed by atoms with van der Waals surface area (Å²) in [7, 11) is -3.94. The lowest BCUT2D eigenvalue weighted by Gasteiger charge is -2.09. The Morgan fingerprint density at radius 3 is 2.52 bits per heavy atom. The number of aromatic nitrogens is 1. The Balaban J connectivity index is 1.54. The van der Waals surface area contributed by atoms with E-state index in [0.717, 1.165) is 29.0 Å². The summed E-state index contributed by atoms with van der Waals surface area (Å²) in [5, 5.41) is 3.65. The molecule has 31 heavy (non-hydrogen) atoms. The Labute approximate surface area is 190 Å². The Hall–Kier alpha value is -2.72. The van der Waals surface area contributed by atoms with Gasteiger partial charge in [0.15, 0.2) is 5.13 Å². The third kappa shape index (κ3) is 4.64. The largest absolute Gasteiger partial charge is 0.298 e. The molecule has 0 unspecified atom stereocenters. The molecule has 1 amide bonds. The summed E-state index contributed by atoms with van der Waals surface area (Å²) in [5.74, 6) is -1.03. The molecule has 4 aromatic rings. The van der Waals surface area contributed by atoms with E-state index in [-0.39, 0.29) is 16.1 Å². The number of rotatable bonds is 5. The molecule has 2 N–H and O–H groups in total. The van der Waals surface area contributed by atoms with Gasteiger partial charge in [-0.25, -0.2) is 17.8 Å². The lowest BCUT2D eigenvalue weighted by molar-refractivity contribution is 0.102. The van der Waals surface area contributed by atoms with Gasteiger partial charge in [0.2, 0.25) is 0 Å². The number of hydrogen-bond donors (Lipinski definition) is 2. The number of carbonyl (C=O) groups excluding carboxylic acids is 1. The molecule has 0 fully saturated rings. The van der Waals surface area contributed by atoms with Crippen LogP contribution >= 0.6 is 34.5 Å². The summed E-state index contributed by atoms with van der Waals surface area (Å²) < 4.78 is 41.1. The average Bonchev–Trinajstić information content (AvgIpc) is 3.14. The number of anilines is 2. The highest BCUT2D eigenvalue weighted by Gasteiger charge is 2.17. The van der Waals surface area contributed by atoms with Crippen LogP contribution in [0.25, 0.3) is 10.2 Å². The first-order valence-corrected chi connectivity index (χ1v) is 11.7. The number of hydrogen-bond acceptors (Lipinski definition) is 5. The van der Waals surface area contributed by atoms with E-state index in [1.165, 1.54) is 35.6 Å². The van der Waals surface area contributed by atoms with E-state index in [2.05, 4.69) is 15.0 Å². The maximum absolute atomic E-state index is 13.1. The van der Waals surface area contributed by atoms with Gasteiger partial charge >= 0.3 is 0 Å². The van der Waals surface area contributed by atoms with E-state index in [1.807, 2.05) is 0 Å². The highest BCUT2D eigenvalue weighted by molar-refractivity contribution is 7.92. The molecule has 158 valence electrons. The van der Waals surface area contributed by atoms with Crippen LogP contribution in [0.1, 0.15) is 10.4 Å². The van der Waals surface area contributed by atoms with E-state index in [4.69, 9.17) is 23.2 Å². The van der Waals surface area contributed by atoms with Gasteiger partial charge in [-0.15, -0.1) is 0 Å². The minimum Gasteiger partial charge on any atom is -0.298 e. The van der Waals surface area contributed by atoms with E-state index in [9.17, 15) is 17.6 Å². The van der Waals surface area contributed by atoms with Crippen molar-refractivity contribution in [3.05, 3.63) is 82.1 Å². The first-order valence-electron chi connectivity index (χ1n) is 8.67. The summed E-state index contributed by atoms with van der Waals surface area (Å²) in [6, 6.07) is 13.7. The zero-order chi connectivity index (χ0) is 22.2. The van der Waals surface area contributed by atoms with Gasteiger partial charge in [0, 0.05) is 11.3 Å². The first-order chi connectivity index (χ1) is 14.7. The normalized spacial score (nSPS) is 11.5. The third-order valence-corrected chi connectivity index (χ3v) is 7.30. The molecule has 11 heteroatoms. The summed E-state index contributed by atoms with van der Waals surface area (Å²) in [6.07, 6.45) is 0. The van der Waals surface area contributed by atoms with Crippen molar-refractivity contribution in [2.24, 2.45) is 0 Å². The van der Waals surface area contributed by atoms with E-state index in [0.29, 0.717) is 20.7 Å². The molecule has 0 radical (unpaired) electrons. The van der Waals surface area contributed by atoms with Crippen LogP contribution in [-0.4, -0.2) is 19.3 Å². The van der Waals surface area contributed by atoms with Crippen LogP contribution in [0.5, 0.6) is 0 Å². The summed E-state index contributed by atoms with van der Waals surface area (Å²) in [4.78, 5) is 16.8. The molecule has 0 aliphatic carbocycles. The van der Waals surface area contributed by atoms with E-state index in [1.54, 1.807) is 12.1 Å². The number of fused-ring (bicyclic) bond motifs is 1. The zero-order valence-corrected chi connectivity index (χ0v) is 18.5. The maximum Gasteiger partial charge on any atom is 0.261 e. The monoisotopic (exact) mass is 495 g/mol. The lowest BCUT2D eigenvalue weighted by Crippen LogP contribution is -2.15. The number of nitrogens with zero attached hydrogens (tertiary/aromatic N) is 1.